The number of amides is 1. The highest BCUT2D eigenvalue weighted by molar-refractivity contribution is 6.04. The van der Waals surface area contributed by atoms with Crippen LogP contribution in [0.25, 0.3) is 0 Å². The average molecular weight is 390 g/mol. The van der Waals surface area contributed by atoms with Gasteiger partial charge in [0.05, 0.1) is 6.61 Å². The van der Waals surface area contributed by atoms with Crippen LogP contribution >= 0.6 is 0 Å². The average Bonchev–Trinajstić information content (AvgIpc) is 2.76. The van der Waals surface area contributed by atoms with Gasteiger partial charge in [0.2, 0.25) is 0 Å². The number of rotatable bonds is 8. The molecule has 0 radical (unpaired) electrons. The molecule has 0 aromatic heterocycles. The van der Waals surface area contributed by atoms with Crippen molar-refractivity contribution < 1.29 is 9.90 Å². The van der Waals surface area contributed by atoms with Gasteiger partial charge in [0.25, 0.3) is 5.91 Å². The smallest absolute Gasteiger partial charge is 0.255 e. The van der Waals surface area contributed by atoms with E-state index in [0.29, 0.717) is 12.1 Å². The Labute approximate surface area is 171 Å². The van der Waals surface area contributed by atoms with Crippen molar-refractivity contribution in [2.24, 2.45) is 0 Å². The minimum Gasteiger partial charge on any atom is -0.395 e. The molecule has 150 valence electrons. The second kappa shape index (κ2) is 9.61. The lowest BCUT2D eigenvalue weighted by molar-refractivity contribution is 0.102. The van der Waals surface area contributed by atoms with Crippen molar-refractivity contribution in [3.05, 3.63) is 78.4 Å². The second-order valence-corrected chi connectivity index (χ2v) is 6.68. The number of nitrogens with one attached hydrogen (secondary N) is 3. The molecular formula is C23H26N4O2. The zero-order chi connectivity index (χ0) is 20.6. The largest absolute Gasteiger partial charge is 0.395 e. The SMILES string of the molecule is CNc1ccc(Nc2ccc(NC(=O)c3ccc(N(C)CCO)cc3)cc2)cc1. The Hall–Kier alpha value is -3.51. The highest BCUT2D eigenvalue weighted by atomic mass is 16.3. The Kier molecular flexibility index (Phi) is 6.71. The fourth-order valence-electron chi connectivity index (χ4n) is 2.87. The Balaban J connectivity index is 1.59. The summed E-state index contributed by atoms with van der Waals surface area (Å²) < 4.78 is 0. The summed E-state index contributed by atoms with van der Waals surface area (Å²) >= 11 is 0. The first-order valence-electron chi connectivity index (χ1n) is 9.47. The molecule has 0 fully saturated rings. The van der Waals surface area contributed by atoms with Crippen LogP contribution in [0.5, 0.6) is 0 Å². The summed E-state index contributed by atoms with van der Waals surface area (Å²) in [5.74, 6) is -0.162. The van der Waals surface area contributed by atoms with Crippen molar-refractivity contribution in [3.8, 4) is 0 Å². The molecule has 6 heteroatoms. The van der Waals surface area contributed by atoms with Gasteiger partial charge in [-0.3, -0.25) is 4.79 Å². The quantitative estimate of drug-likeness (QED) is 0.465. The summed E-state index contributed by atoms with van der Waals surface area (Å²) in [7, 11) is 3.79. The number of aliphatic hydroxyl groups excluding tert-OH is 1. The molecule has 4 N–H and O–H groups in total. The number of likely N-dealkylation sites (N-methyl/N-ethyl adjacent to an activating group) is 1. The number of nitrogens with zero attached hydrogens (tertiary/aromatic N) is 1. The summed E-state index contributed by atoms with van der Waals surface area (Å²) in [5.41, 5.74) is 5.25. The van der Waals surface area contributed by atoms with Gasteiger partial charge in [-0.2, -0.15) is 0 Å². The molecule has 0 aliphatic carbocycles. The predicted molar refractivity (Wildman–Crippen MR) is 120 cm³/mol. The first-order valence-corrected chi connectivity index (χ1v) is 9.47. The number of hydrogen-bond acceptors (Lipinski definition) is 5. The third-order valence-electron chi connectivity index (χ3n) is 4.61. The number of anilines is 5. The molecule has 1 amide bonds. The van der Waals surface area contributed by atoms with E-state index in [1.54, 1.807) is 12.1 Å². The zero-order valence-corrected chi connectivity index (χ0v) is 16.6. The van der Waals surface area contributed by atoms with Crippen LogP contribution in [0.4, 0.5) is 28.4 Å². The van der Waals surface area contributed by atoms with E-state index in [1.165, 1.54) is 0 Å². The molecule has 0 unspecified atom stereocenters. The molecule has 0 atom stereocenters. The Morgan fingerprint density at radius 2 is 1.34 bits per heavy atom. The van der Waals surface area contributed by atoms with Crippen LogP contribution < -0.4 is 20.9 Å². The van der Waals surface area contributed by atoms with Gasteiger partial charge in [-0.15, -0.1) is 0 Å². The first-order chi connectivity index (χ1) is 14.1. The van der Waals surface area contributed by atoms with Crippen LogP contribution in [0.1, 0.15) is 10.4 Å². The Morgan fingerprint density at radius 3 is 1.86 bits per heavy atom. The molecule has 0 heterocycles. The van der Waals surface area contributed by atoms with Gasteiger partial charge in [0.15, 0.2) is 0 Å². The van der Waals surface area contributed by atoms with Crippen LogP contribution in [0.2, 0.25) is 0 Å². The van der Waals surface area contributed by atoms with E-state index >= 15 is 0 Å². The van der Waals surface area contributed by atoms with E-state index in [9.17, 15) is 4.79 Å². The molecule has 3 aromatic rings. The molecule has 0 aliphatic rings. The number of carbonyl (C=O) groups excluding carboxylic acids is 1. The molecule has 3 rings (SSSR count). The van der Waals surface area contributed by atoms with Crippen molar-refractivity contribution in [2.75, 3.05) is 48.1 Å². The summed E-state index contributed by atoms with van der Waals surface area (Å²) in [4.78, 5) is 14.4. The molecule has 3 aromatic carbocycles. The van der Waals surface area contributed by atoms with E-state index in [4.69, 9.17) is 5.11 Å². The van der Waals surface area contributed by atoms with Crippen molar-refractivity contribution in [1.29, 1.82) is 0 Å². The van der Waals surface area contributed by atoms with Gasteiger partial charge < -0.3 is 26.0 Å². The Morgan fingerprint density at radius 1 is 0.828 bits per heavy atom. The molecule has 0 saturated carbocycles. The van der Waals surface area contributed by atoms with Crippen molar-refractivity contribution in [2.45, 2.75) is 0 Å². The van der Waals surface area contributed by atoms with E-state index in [0.717, 1.165) is 28.4 Å². The van der Waals surface area contributed by atoms with Gasteiger partial charge >= 0.3 is 0 Å². The van der Waals surface area contributed by atoms with Gasteiger partial charge in [0.1, 0.15) is 0 Å². The summed E-state index contributed by atoms with van der Waals surface area (Å²) in [5, 5.41) is 18.3. The monoisotopic (exact) mass is 390 g/mol. The highest BCUT2D eigenvalue weighted by Gasteiger charge is 2.07. The van der Waals surface area contributed by atoms with E-state index in [2.05, 4.69) is 16.0 Å². The second-order valence-electron chi connectivity index (χ2n) is 6.68. The predicted octanol–water partition coefficient (Wildman–Crippen LogP) is 4.15. The summed E-state index contributed by atoms with van der Waals surface area (Å²) in [6, 6.07) is 22.9. The van der Waals surface area contributed by atoms with E-state index < -0.39 is 0 Å². The van der Waals surface area contributed by atoms with E-state index in [1.807, 2.05) is 79.7 Å². The Bertz CT molecular complexity index is 923. The van der Waals surface area contributed by atoms with Crippen LogP contribution in [-0.4, -0.2) is 38.3 Å². The molecule has 0 aliphatic heterocycles. The molecule has 0 saturated heterocycles. The number of aliphatic hydroxyl groups is 1. The lowest BCUT2D eigenvalue weighted by Gasteiger charge is -2.18. The first kappa shape index (κ1) is 20.2. The number of benzene rings is 3. The van der Waals surface area contributed by atoms with Crippen LogP contribution in [0, 0.1) is 0 Å². The highest BCUT2D eigenvalue weighted by Crippen LogP contribution is 2.21. The van der Waals surface area contributed by atoms with Gasteiger partial charge in [-0.05, 0) is 72.8 Å². The van der Waals surface area contributed by atoms with Gasteiger partial charge in [-0.1, -0.05) is 0 Å². The minimum atomic E-state index is -0.162. The fraction of sp³-hybridized carbons (Fsp3) is 0.174. The van der Waals surface area contributed by atoms with Gasteiger partial charge in [-0.25, -0.2) is 0 Å². The standard InChI is InChI=1S/C23H26N4O2/c1-24-18-5-7-19(8-6-18)25-20-9-11-21(12-10-20)26-23(29)17-3-13-22(14-4-17)27(2)15-16-28/h3-14,24-25,28H,15-16H2,1-2H3,(H,26,29). The molecule has 6 nitrogen and oxygen atoms in total. The van der Waals surface area contributed by atoms with Crippen LogP contribution in [-0.2, 0) is 0 Å². The third-order valence-corrected chi connectivity index (χ3v) is 4.61. The van der Waals surface area contributed by atoms with Crippen molar-refractivity contribution in [3.63, 3.8) is 0 Å². The normalized spacial score (nSPS) is 10.3. The zero-order valence-electron chi connectivity index (χ0n) is 16.6. The minimum absolute atomic E-state index is 0.0881. The maximum atomic E-state index is 12.5. The van der Waals surface area contributed by atoms with Gasteiger partial charge in [0, 0.05) is 54.6 Å². The maximum absolute atomic E-state index is 12.5. The fourth-order valence-corrected chi connectivity index (χ4v) is 2.87. The van der Waals surface area contributed by atoms with Crippen molar-refractivity contribution in [1.82, 2.24) is 0 Å². The third kappa shape index (κ3) is 5.49. The molecular weight excluding hydrogens is 364 g/mol. The summed E-state index contributed by atoms with van der Waals surface area (Å²) in [6.07, 6.45) is 0. The summed E-state index contributed by atoms with van der Waals surface area (Å²) in [6.45, 7) is 0.635. The molecule has 29 heavy (non-hydrogen) atoms. The number of carbonyl (C=O) groups is 1. The number of hydrogen-bond donors (Lipinski definition) is 4. The lowest BCUT2D eigenvalue weighted by atomic mass is 10.1. The topological polar surface area (TPSA) is 76.6 Å². The van der Waals surface area contributed by atoms with Crippen LogP contribution in [0.3, 0.4) is 0 Å². The molecule has 0 spiro atoms. The van der Waals surface area contributed by atoms with Crippen molar-refractivity contribution >= 4 is 34.3 Å². The van der Waals surface area contributed by atoms with Crippen LogP contribution in [0.15, 0.2) is 72.8 Å². The molecule has 0 bridgehead atoms. The lowest BCUT2D eigenvalue weighted by Crippen LogP contribution is -2.21. The van der Waals surface area contributed by atoms with E-state index in [-0.39, 0.29) is 12.5 Å². The maximum Gasteiger partial charge on any atom is 0.255 e.